The second-order valence-electron chi connectivity index (χ2n) is 4.72. The molecule has 0 aliphatic carbocycles. The Hall–Kier alpha value is -0.640. The molecule has 6 nitrogen and oxygen atoms in total. The maximum absolute atomic E-state index is 12.4. The van der Waals surface area contributed by atoms with Crippen LogP contribution in [0.1, 0.15) is 12.8 Å². The van der Waals surface area contributed by atoms with Crippen LogP contribution in [0.4, 0.5) is 5.69 Å². The monoisotopic (exact) mass is 440 g/mol. The lowest BCUT2D eigenvalue weighted by Crippen LogP contribution is -2.43. The molecule has 1 saturated heterocycles. The fourth-order valence-electron chi connectivity index (χ4n) is 2.13. The van der Waals surface area contributed by atoms with E-state index in [1.807, 2.05) is 0 Å². The molecule has 1 aromatic carbocycles. The van der Waals surface area contributed by atoms with Gasteiger partial charge in [-0.05, 0) is 56.8 Å². The Morgan fingerprint density at radius 2 is 1.76 bits per heavy atom. The highest BCUT2D eigenvalue weighted by Crippen LogP contribution is 2.32. The Kier molecular flexibility index (Phi) is 5.29. The summed E-state index contributed by atoms with van der Waals surface area (Å²) in [4.78, 5) is 10.9. The highest BCUT2D eigenvalue weighted by atomic mass is 79.9. The number of rotatable bonds is 4. The number of hydrogen-bond donors (Lipinski definition) is 2. The summed E-state index contributed by atoms with van der Waals surface area (Å²) in [6, 6.07) is 5.25. The number of nitrogens with zero attached hydrogens (tertiary/aromatic N) is 1. The van der Waals surface area contributed by atoms with Crippen molar-refractivity contribution in [3.63, 3.8) is 0 Å². The first-order chi connectivity index (χ1) is 9.81. The molecule has 1 fully saturated rings. The number of carboxylic acid groups (broad SMARTS) is 1. The fourth-order valence-corrected chi connectivity index (χ4v) is 4.89. The number of halogens is 2. The van der Waals surface area contributed by atoms with Gasteiger partial charge in [-0.15, -0.1) is 0 Å². The van der Waals surface area contributed by atoms with Crippen LogP contribution in [-0.2, 0) is 15.0 Å². The number of anilines is 1. The highest BCUT2D eigenvalue weighted by Gasteiger charge is 2.31. The second kappa shape index (κ2) is 6.64. The molecule has 1 aliphatic rings. The lowest BCUT2D eigenvalue weighted by atomic mass is 9.99. The van der Waals surface area contributed by atoms with Gasteiger partial charge in [-0.25, -0.2) is 0 Å². The van der Waals surface area contributed by atoms with Gasteiger partial charge in [-0.3, -0.25) is 9.52 Å². The molecular formula is C12H14Br2N2O4S. The van der Waals surface area contributed by atoms with Crippen LogP contribution in [0.2, 0.25) is 0 Å². The Balaban J connectivity index is 2.11. The van der Waals surface area contributed by atoms with Gasteiger partial charge in [0, 0.05) is 22.0 Å². The molecule has 0 radical (unpaired) electrons. The highest BCUT2D eigenvalue weighted by molar-refractivity contribution is 9.11. The predicted molar refractivity (Wildman–Crippen MR) is 86.3 cm³/mol. The number of para-hydroxylation sites is 1. The first-order valence-corrected chi connectivity index (χ1v) is 9.28. The average molecular weight is 442 g/mol. The summed E-state index contributed by atoms with van der Waals surface area (Å²) < 4.78 is 29.8. The maximum atomic E-state index is 12.4. The number of benzene rings is 1. The molecule has 21 heavy (non-hydrogen) atoms. The molecule has 0 spiro atoms. The Morgan fingerprint density at radius 3 is 2.24 bits per heavy atom. The standard InChI is InChI=1S/C12H14Br2N2O4S/c13-9-2-1-3-10(14)11(9)15-21(19,20)16-6-4-8(5-7-16)12(17)18/h1-3,8,15H,4-7H2,(H,17,18). The third-order valence-corrected chi connectivity index (χ3v) is 6.17. The summed E-state index contributed by atoms with van der Waals surface area (Å²) >= 11 is 6.60. The van der Waals surface area contributed by atoms with Crippen LogP contribution in [0.3, 0.4) is 0 Å². The number of nitrogens with one attached hydrogen (secondary N) is 1. The van der Waals surface area contributed by atoms with Crippen molar-refractivity contribution in [1.29, 1.82) is 0 Å². The van der Waals surface area contributed by atoms with Crippen LogP contribution in [-0.4, -0.2) is 36.9 Å². The van der Waals surface area contributed by atoms with Gasteiger partial charge < -0.3 is 5.11 Å². The minimum atomic E-state index is -3.70. The summed E-state index contributed by atoms with van der Waals surface area (Å²) in [5, 5.41) is 8.94. The molecule has 2 N–H and O–H groups in total. The lowest BCUT2D eigenvalue weighted by Gasteiger charge is -2.29. The zero-order chi connectivity index (χ0) is 15.6. The minimum absolute atomic E-state index is 0.203. The van der Waals surface area contributed by atoms with Gasteiger partial charge in [0.2, 0.25) is 0 Å². The van der Waals surface area contributed by atoms with E-state index in [4.69, 9.17) is 5.11 Å². The smallest absolute Gasteiger partial charge is 0.306 e. The first-order valence-electron chi connectivity index (χ1n) is 6.26. The number of aliphatic carboxylic acids is 1. The first kappa shape index (κ1) is 16.7. The summed E-state index contributed by atoms with van der Waals surface area (Å²) in [6.45, 7) is 0.405. The van der Waals surface area contributed by atoms with Gasteiger partial charge in [-0.1, -0.05) is 6.07 Å². The molecule has 9 heteroatoms. The molecule has 0 bridgehead atoms. The van der Waals surface area contributed by atoms with Crippen LogP contribution >= 0.6 is 31.9 Å². The molecule has 1 aromatic rings. The molecular weight excluding hydrogens is 428 g/mol. The van der Waals surface area contributed by atoms with Crippen LogP contribution in [0.25, 0.3) is 0 Å². The van der Waals surface area contributed by atoms with E-state index in [0.29, 0.717) is 27.5 Å². The van der Waals surface area contributed by atoms with Gasteiger partial charge in [0.1, 0.15) is 0 Å². The van der Waals surface area contributed by atoms with Gasteiger partial charge in [0.15, 0.2) is 0 Å². The van der Waals surface area contributed by atoms with Crippen molar-refractivity contribution in [3.8, 4) is 0 Å². The van der Waals surface area contributed by atoms with Gasteiger partial charge in [0.05, 0.1) is 11.6 Å². The predicted octanol–water partition coefficient (Wildman–Crippen LogP) is 2.66. The molecule has 0 aromatic heterocycles. The van der Waals surface area contributed by atoms with Crippen molar-refractivity contribution in [2.24, 2.45) is 5.92 Å². The summed E-state index contributed by atoms with van der Waals surface area (Å²) in [5.74, 6) is -1.33. The maximum Gasteiger partial charge on any atom is 0.306 e. The van der Waals surface area contributed by atoms with E-state index in [-0.39, 0.29) is 13.1 Å². The zero-order valence-electron chi connectivity index (χ0n) is 10.9. The third kappa shape index (κ3) is 3.97. The van der Waals surface area contributed by atoms with Gasteiger partial charge in [-0.2, -0.15) is 12.7 Å². The Bertz CT molecular complexity index is 622. The number of carboxylic acids is 1. The van der Waals surface area contributed by atoms with Crippen molar-refractivity contribution in [1.82, 2.24) is 4.31 Å². The summed E-state index contributed by atoms with van der Waals surface area (Å²) in [6.07, 6.45) is 0.654. The molecule has 1 heterocycles. The van der Waals surface area contributed by atoms with E-state index in [1.165, 1.54) is 4.31 Å². The van der Waals surface area contributed by atoms with E-state index >= 15 is 0 Å². The number of piperidine rings is 1. The molecule has 1 aliphatic heterocycles. The largest absolute Gasteiger partial charge is 0.481 e. The van der Waals surface area contributed by atoms with Crippen LogP contribution in [0.15, 0.2) is 27.1 Å². The molecule has 116 valence electrons. The molecule has 2 rings (SSSR count). The molecule has 0 unspecified atom stereocenters. The Labute approximate surface area is 140 Å². The van der Waals surface area contributed by atoms with E-state index in [1.54, 1.807) is 18.2 Å². The average Bonchev–Trinajstić information content (AvgIpc) is 2.43. The fraction of sp³-hybridized carbons (Fsp3) is 0.417. The Morgan fingerprint density at radius 1 is 1.24 bits per heavy atom. The van der Waals surface area contributed by atoms with Gasteiger partial charge in [0.25, 0.3) is 0 Å². The zero-order valence-corrected chi connectivity index (χ0v) is 14.9. The summed E-state index contributed by atoms with van der Waals surface area (Å²) in [7, 11) is -3.70. The van der Waals surface area contributed by atoms with Crippen molar-refractivity contribution >= 4 is 53.7 Å². The van der Waals surface area contributed by atoms with Crippen molar-refractivity contribution in [3.05, 3.63) is 27.1 Å². The van der Waals surface area contributed by atoms with E-state index in [0.717, 1.165) is 0 Å². The molecule has 0 amide bonds. The molecule has 0 saturated carbocycles. The second-order valence-corrected chi connectivity index (χ2v) is 8.09. The van der Waals surface area contributed by atoms with Crippen molar-refractivity contribution < 1.29 is 18.3 Å². The number of carbonyl (C=O) groups is 1. The molecule has 0 atom stereocenters. The lowest BCUT2D eigenvalue weighted by molar-refractivity contribution is -0.142. The van der Waals surface area contributed by atoms with E-state index < -0.39 is 22.1 Å². The summed E-state index contributed by atoms with van der Waals surface area (Å²) in [5.41, 5.74) is 0.429. The normalized spacial score (nSPS) is 17.6. The topological polar surface area (TPSA) is 86.7 Å². The third-order valence-electron chi connectivity index (χ3n) is 3.34. The van der Waals surface area contributed by atoms with Gasteiger partial charge >= 0.3 is 16.2 Å². The van der Waals surface area contributed by atoms with E-state index in [9.17, 15) is 13.2 Å². The van der Waals surface area contributed by atoms with Crippen molar-refractivity contribution in [2.75, 3.05) is 17.8 Å². The van der Waals surface area contributed by atoms with Crippen molar-refractivity contribution in [2.45, 2.75) is 12.8 Å². The van der Waals surface area contributed by atoms with Crippen LogP contribution < -0.4 is 4.72 Å². The SMILES string of the molecule is O=C(O)C1CCN(S(=O)(=O)Nc2c(Br)cccc2Br)CC1. The quantitative estimate of drug-likeness (QED) is 0.751. The minimum Gasteiger partial charge on any atom is -0.481 e. The van der Waals surface area contributed by atoms with Crippen LogP contribution in [0.5, 0.6) is 0 Å². The van der Waals surface area contributed by atoms with E-state index in [2.05, 4.69) is 36.6 Å². The number of hydrogen-bond acceptors (Lipinski definition) is 3. The van der Waals surface area contributed by atoms with Crippen LogP contribution in [0, 0.1) is 5.92 Å².